The lowest BCUT2D eigenvalue weighted by atomic mass is 10.00. The van der Waals surface area contributed by atoms with Crippen molar-refractivity contribution in [2.75, 3.05) is 7.11 Å². The molecule has 0 aliphatic heterocycles. The van der Waals surface area contributed by atoms with E-state index < -0.39 is 0 Å². The molecular formula is C27H27ClN2O3. The van der Waals surface area contributed by atoms with Crippen LogP contribution < -0.4 is 19.9 Å². The van der Waals surface area contributed by atoms with Crippen molar-refractivity contribution in [3.8, 4) is 28.6 Å². The highest BCUT2D eigenvalue weighted by molar-refractivity contribution is 5.85. The molecule has 3 aromatic carbocycles. The lowest BCUT2D eigenvalue weighted by molar-refractivity contribution is 0.268. The fraction of sp³-hybridized carbons (Fsp3) is 0.148. The number of hydrogen-bond acceptors (Lipinski definition) is 5. The Balaban J connectivity index is 0.00000306. The van der Waals surface area contributed by atoms with Gasteiger partial charge in [-0.05, 0) is 40.5 Å². The Hall–Kier alpha value is -3.54. The number of halogens is 1. The van der Waals surface area contributed by atoms with Crippen LogP contribution in [0.3, 0.4) is 0 Å². The van der Waals surface area contributed by atoms with Gasteiger partial charge in [-0.1, -0.05) is 66.7 Å². The maximum absolute atomic E-state index is 6.17. The number of pyridine rings is 1. The van der Waals surface area contributed by atoms with Gasteiger partial charge in [-0.2, -0.15) is 4.98 Å². The minimum atomic E-state index is 0. The maximum atomic E-state index is 6.17. The molecule has 0 saturated heterocycles. The van der Waals surface area contributed by atoms with Gasteiger partial charge in [-0.15, -0.1) is 12.4 Å². The molecule has 0 amide bonds. The Morgan fingerprint density at radius 3 is 1.97 bits per heavy atom. The van der Waals surface area contributed by atoms with Crippen molar-refractivity contribution in [1.29, 1.82) is 0 Å². The number of nitrogens with two attached hydrogens (primary N) is 1. The molecule has 0 saturated carbocycles. The summed E-state index contributed by atoms with van der Waals surface area (Å²) in [4.78, 5) is 4.68. The molecule has 0 fully saturated rings. The van der Waals surface area contributed by atoms with E-state index in [2.05, 4.69) is 4.98 Å². The molecule has 0 radical (unpaired) electrons. The van der Waals surface area contributed by atoms with Gasteiger partial charge in [0.05, 0.1) is 7.11 Å². The molecule has 2 N–H and O–H groups in total. The SMILES string of the molecule is COc1ccc(CN)c(-c2ccc(OCc3ccccc3)nc2OCc2ccccc2)c1.Cl. The van der Waals surface area contributed by atoms with Crippen molar-refractivity contribution < 1.29 is 14.2 Å². The van der Waals surface area contributed by atoms with Gasteiger partial charge in [-0.3, -0.25) is 0 Å². The smallest absolute Gasteiger partial charge is 0.225 e. The molecule has 0 unspecified atom stereocenters. The molecule has 1 aromatic heterocycles. The van der Waals surface area contributed by atoms with Gasteiger partial charge in [0.25, 0.3) is 0 Å². The fourth-order valence-corrected chi connectivity index (χ4v) is 3.39. The standard InChI is InChI=1S/C27H26N2O3.ClH/c1-30-23-13-12-22(17-28)25(16-23)24-14-15-26(31-18-20-8-4-2-5-9-20)29-27(24)32-19-21-10-6-3-7-11-21;/h2-16H,17-19,28H2,1H3;1H. The minimum Gasteiger partial charge on any atom is -0.497 e. The first-order valence-electron chi connectivity index (χ1n) is 10.5. The number of hydrogen-bond donors (Lipinski definition) is 1. The van der Waals surface area contributed by atoms with Gasteiger partial charge in [0.2, 0.25) is 11.8 Å². The summed E-state index contributed by atoms with van der Waals surface area (Å²) < 4.78 is 17.5. The fourth-order valence-electron chi connectivity index (χ4n) is 3.39. The Morgan fingerprint density at radius 1 is 0.727 bits per heavy atom. The van der Waals surface area contributed by atoms with E-state index >= 15 is 0 Å². The van der Waals surface area contributed by atoms with Crippen molar-refractivity contribution in [2.45, 2.75) is 19.8 Å². The van der Waals surface area contributed by atoms with E-state index in [0.29, 0.717) is 31.5 Å². The second-order valence-electron chi connectivity index (χ2n) is 7.28. The number of nitrogens with zero attached hydrogens (tertiary/aromatic N) is 1. The number of methoxy groups -OCH3 is 1. The molecule has 0 spiro atoms. The Labute approximate surface area is 200 Å². The molecular weight excluding hydrogens is 436 g/mol. The number of ether oxygens (including phenoxy) is 3. The van der Waals surface area contributed by atoms with E-state index in [4.69, 9.17) is 19.9 Å². The zero-order valence-corrected chi connectivity index (χ0v) is 19.3. The molecule has 1 heterocycles. The predicted octanol–water partition coefficient (Wildman–Crippen LogP) is 5.80. The van der Waals surface area contributed by atoms with Crippen molar-refractivity contribution >= 4 is 12.4 Å². The van der Waals surface area contributed by atoms with Crippen LogP contribution in [0.15, 0.2) is 91.0 Å². The van der Waals surface area contributed by atoms with Crippen LogP contribution in [-0.2, 0) is 19.8 Å². The van der Waals surface area contributed by atoms with Crippen LogP contribution in [-0.4, -0.2) is 12.1 Å². The predicted molar refractivity (Wildman–Crippen MR) is 133 cm³/mol. The normalized spacial score (nSPS) is 10.2. The molecule has 6 heteroatoms. The maximum Gasteiger partial charge on any atom is 0.225 e. The van der Waals surface area contributed by atoms with Gasteiger partial charge in [0.15, 0.2) is 0 Å². The lowest BCUT2D eigenvalue weighted by Gasteiger charge is -2.16. The highest BCUT2D eigenvalue weighted by Gasteiger charge is 2.15. The molecule has 33 heavy (non-hydrogen) atoms. The topological polar surface area (TPSA) is 66.6 Å². The van der Waals surface area contributed by atoms with Gasteiger partial charge in [0, 0.05) is 18.2 Å². The molecule has 0 bridgehead atoms. The van der Waals surface area contributed by atoms with Crippen LogP contribution in [0.4, 0.5) is 0 Å². The highest BCUT2D eigenvalue weighted by atomic mass is 35.5. The van der Waals surface area contributed by atoms with Crippen LogP contribution in [0, 0.1) is 0 Å². The van der Waals surface area contributed by atoms with E-state index in [1.54, 1.807) is 7.11 Å². The average Bonchev–Trinajstić information content (AvgIpc) is 2.87. The van der Waals surface area contributed by atoms with E-state index in [1.165, 1.54) is 0 Å². The Morgan fingerprint density at radius 2 is 1.36 bits per heavy atom. The van der Waals surface area contributed by atoms with Crippen molar-refractivity contribution in [2.24, 2.45) is 5.73 Å². The first-order valence-corrected chi connectivity index (χ1v) is 10.5. The van der Waals surface area contributed by atoms with Crippen LogP contribution in [0.5, 0.6) is 17.5 Å². The molecule has 0 aliphatic carbocycles. The van der Waals surface area contributed by atoms with Crippen molar-refractivity contribution in [1.82, 2.24) is 4.98 Å². The van der Waals surface area contributed by atoms with E-state index in [1.807, 2.05) is 91.0 Å². The first-order chi connectivity index (χ1) is 15.8. The van der Waals surface area contributed by atoms with Gasteiger partial charge < -0.3 is 19.9 Å². The Kier molecular flexibility index (Phi) is 8.70. The molecule has 0 atom stereocenters. The van der Waals surface area contributed by atoms with Crippen LogP contribution >= 0.6 is 12.4 Å². The summed E-state index contributed by atoms with van der Waals surface area (Å²) in [5.74, 6) is 1.73. The zero-order valence-electron chi connectivity index (χ0n) is 18.4. The van der Waals surface area contributed by atoms with Gasteiger partial charge in [-0.25, -0.2) is 0 Å². The second-order valence-corrected chi connectivity index (χ2v) is 7.28. The summed E-state index contributed by atoms with van der Waals surface area (Å²) in [5.41, 5.74) is 10.9. The van der Waals surface area contributed by atoms with E-state index in [0.717, 1.165) is 33.6 Å². The van der Waals surface area contributed by atoms with Crippen LogP contribution in [0.1, 0.15) is 16.7 Å². The third-order valence-corrected chi connectivity index (χ3v) is 5.11. The van der Waals surface area contributed by atoms with E-state index in [-0.39, 0.29) is 12.4 Å². The summed E-state index contributed by atoms with van der Waals surface area (Å²) in [7, 11) is 1.65. The van der Waals surface area contributed by atoms with Crippen LogP contribution in [0.2, 0.25) is 0 Å². The Bertz CT molecular complexity index is 1150. The molecule has 5 nitrogen and oxygen atoms in total. The molecule has 4 rings (SSSR count). The quantitative estimate of drug-likeness (QED) is 0.340. The average molecular weight is 463 g/mol. The van der Waals surface area contributed by atoms with Crippen molar-refractivity contribution in [3.63, 3.8) is 0 Å². The zero-order chi connectivity index (χ0) is 22.2. The number of rotatable bonds is 9. The summed E-state index contributed by atoms with van der Waals surface area (Å²) in [6, 6.07) is 29.6. The lowest BCUT2D eigenvalue weighted by Crippen LogP contribution is -2.04. The highest BCUT2D eigenvalue weighted by Crippen LogP contribution is 2.35. The molecule has 170 valence electrons. The first kappa shape index (κ1) is 24.1. The minimum absolute atomic E-state index is 0. The summed E-state index contributed by atoms with van der Waals surface area (Å²) in [6.45, 7) is 1.22. The third kappa shape index (κ3) is 6.25. The van der Waals surface area contributed by atoms with Crippen molar-refractivity contribution in [3.05, 3.63) is 108 Å². The molecule has 4 aromatic rings. The second kappa shape index (κ2) is 11.9. The summed E-state index contributed by atoms with van der Waals surface area (Å²) in [6.07, 6.45) is 0. The number of benzene rings is 3. The van der Waals surface area contributed by atoms with Gasteiger partial charge >= 0.3 is 0 Å². The monoisotopic (exact) mass is 462 g/mol. The van der Waals surface area contributed by atoms with Gasteiger partial charge in [0.1, 0.15) is 19.0 Å². The molecule has 0 aliphatic rings. The third-order valence-electron chi connectivity index (χ3n) is 5.11. The van der Waals surface area contributed by atoms with Crippen LogP contribution in [0.25, 0.3) is 11.1 Å². The summed E-state index contributed by atoms with van der Waals surface area (Å²) >= 11 is 0. The summed E-state index contributed by atoms with van der Waals surface area (Å²) in [5, 5.41) is 0. The number of aromatic nitrogens is 1. The van der Waals surface area contributed by atoms with E-state index in [9.17, 15) is 0 Å². The largest absolute Gasteiger partial charge is 0.497 e.